The fourth-order valence-corrected chi connectivity index (χ4v) is 2.24. The van der Waals surface area contributed by atoms with E-state index in [-0.39, 0.29) is 5.60 Å². The van der Waals surface area contributed by atoms with Crippen molar-refractivity contribution in [2.24, 2.45) is 0 Å². The number of ether oxygens (including phenoxy) is 2. The average molecular weight is 236 g/mol. The Bertz CT molecular complexity index is 379. The summed E-state index contributed by atoms with van der Waals surface area (Å²) in [6.07, 6.45) is 3.74. The van der Waals surface area contributed by atoms with Crippen LogP contribution in [-0.2, 0) is 4.74 Å². The Hall–Kier alpha value is -1.29. The molecule has 1 atom stereocenters. The third-order valence-electron chi connectivity index (χ3n) is 3.02. The van der Waals surface area contributed by atoms with Crippen LogP contribution in [0.15, 0.2) is 18.3 Å². The lowest BCUT2D eigenvalue weighted by atomic mass is 9.94. The molecule has 1 saturated heterocycles. The summed E-state index contributed by atoms with van der Waals surface area (Å²) in [6, 6.07) is 4.32. The maximum absolute atomic E-state index is 5.70. The molecule has 94 valence electrons. The molecule has 1 aliphatic heterocycles. The first-order chi connectivity index (χ1) is 8.11. The van der Waals surface area contributed by atoms with E-state index in [1.165, 1.54) is 0 Å². The second-order valence-electron chi connectivity index (χ2n) is 5.00. The molecule has 2 rings (SSSR count). The number of rotatable bonds is 3. The molecule has 0 aromatic carbocycles. The van der Waals surface area contributed by atoms with Crippen LogP contribution in [0.3, 0.4) is 0 Å². The zero-order valence-electron chi connectivity index (χ0n) is 10.7. The third kappa shape index (κ3) is 3.09. The summed E-state index contributed by atoms with van der Waals surface area (Å²) in [6.45, 7) is 5.05. The van der Waals surface area contributed by atoms with Crippen LogP contribution in [0.5, 0.6) is 5.88 Å². The molecule has 0 spiro atoms. The summed E-state index contributed by atoms with van der Waals surface area (Å²) in [4.78, 5) is 4.18. The van der Waals surface area contributed by atoms with Crippen molar-refractivity contribution in [1.82, 2.24) is 4.98 Å². The molecule has 1 aliphatic rings. The van der Waals surface area contributed by atoms with E-state index >= 15 is 0 Å². The fourth-order valence-electron chi connectivity index (χ4n) is 2.24. The standard InChI is InChI=1S/C13H20N2O2/c1-13(2)9-10(6-8-17-13)15-11-5-4-7-14-12(11)16-3/h4-5,7,10,15H,6,8-9H2,1-3H3. The summed E-state index contributed by atoms with van der Waals surface area (Å²) in [5.74, 6) is 0.650. The van der Waals surface area contributed by atoms with Crippen LogP contribution in [0.25, 0.3) is 0 Å². The van der Waals surface area contributed by atoms with E-state index in [1.54, 1.807) is 13.3 Å². The van der Waals surface area contributed by atoms with Gasteiger partial charge in [-0.3, -0.25) is 0 Å². The van der Waals surface area contributed by atoms with E-state index in [0.717, 1.165) is 25.1 Å². The first-order valence-electron chi connectivity index (χ1n) is 6.00. The van der Waals surface area contributed by atoms with Gasteiger partial charge in [0.25, 0.3) is 0 Å². The predicted molar refractivity (Wildman–Crippen MR) is 67.5 cm³/mol. The molecular formula is C13H20N2O2. The smallest absolute Gasteiger partial charge is 0.237 e. The Labute approximate surface area is 102 Å². The quantitative estimate of drug-likeness (QED) is 0.875. The molecule has 0 amide bonds. The van der Waals surface area contributed by atoms with Gasteiger partial charge >= 0.3 is 0 Å². The minimum absolute atomic E-state index is 0.0502. The zero-order chi connectivity index (χ0) is 12.3. The van der Waals surface area contributed by atoms with Gasteiger partial charge in [-0.15, -0.1) is 0 Å². The van der Waals surface area contributed by atoms with Crippen molar-refractivity contribution in [1.29, 1.82) is 0 Å². The highest BCUT2D eigenvalue weighted by Gasteiger charge is 2.29. The Morgan fingerprint density at radius 2 is 2.35 bits per heavy atom. The van der Waals surface area contributed by atoms with Crippen molar-refractivity contribution >= 4 is 5.69 Å². The highest BCUT2D eigenvalue weighted by Crippen LogP contribution is 2.28. The maximum Gasteiger partial charge on any atom is 0.237 e. The number of anilines is 1. The average Bonchev–Trinajstić information content (AvgIpc) is 2.28. The van der Waals surface area contributed by atoms with Crippen LogP contribution in [-0.4, -0.2) is 30.3 Å². The van der Waals surface area contributed by atoms with Gasteiger partial charge in [0.15, 0.2) is 0 Å². The second kappa shape index (κ2) is 4.92. The summed E-state index contributed by atoms with van der Waals surface area (Å²) in [5, 5.41) is 3.49. The summed E-state index contributed by atoms with van der Waals surface area (Å²) in [7, 11) is 1.64. The summed E-state index contributed by atoms with van der Waals surface area (Å²) in [5.41, 5.74) is 0.906. The van der Waals surface area contributed by atoms with E-state index in [9.17, 15) is 0 Å². The maximum atomic E-state index is 5.70. The molecule has 4 heteroatoms. The van der Waals surface area contributed by atoms with Gasteiger partial charge in [0.2, 0.25) is 5.88 Å². The number of methoxy groups -OCH3 is 1. The Morgan fingerprint density at radius 1 is 1.53 bits per heavy atom. The van der Waals surface area contributed by atoms with Gasteiger partial charge in [-0.05, 0) is 38.8 Å². The van der Waals surface area contributed by atoms with Crippen molar-refractivity contribution in [3.05, 3.63) is 18.3 Å². The molecule has 1 aromatic rings. The molecule has 0 bridgehead atoms. The summed E-state index contributed by atoms with van der Waals surface area (Å²) >= 11 is 0. The monoisotopic (exact) mass is 236 g/mol. The van der Waals surface area contributed by atoms with Crippen molar-refractivity contribution < 1.29 is 9.47 Å². The van der Waals surface area contributed by atoms with Gasteiger partial charge < -0.3 is 14.8 Å². The van der Waals surface area contributed by atoms with Gasteiger partial charge in [0, 0.05) is 18.8 Å². The molecule has 0 saturated carbocycles. The normalized spacial score (nSPS) is 23.1. The zero-order valence-corrected chi connectivity index (χ0v) is 10.7. The molecule has 2 heterocycles. The second-order valence-corrected chi connectivity index (χ2v) is 5.00. The predicted octanol–water partition coefficient (Wildman–Crippen LogP) is 2.46. The van der Waals surface area contributed by atoms with Crippen molar-refractivity contribution in [3.63, 3.8) is 0 Å². The minimum atomic E-state index is -0.0502. The molecule has 4 nitrogen and oxygen atoms in total. The van der Waals surface area contributed by atoms with Crippen LogP contribution in [0.1, 0.15) is 26.7 Å². The van der Waals surface area contributed by atoms with Crippen molar-refractivity contribution in [2.75, 3.05) is 19.0 Å². The topological polar surface area (TPSA) is 43.4 Å². The lowest BCUT2D eigenvalue weighted by Crippen LogP contribution is -2.40. The molecule has 1 N–H and O–H groups in total. The molecule has 0 radical (unpaired) electrons. The first-order valence-corrected chi connectivity index (χ1v) is 6.00. The minimum Gasteiger partial charge on any atom is -0.480 e. The van der Waals surface area contributed by atoms with Crippen LogP contribution in [0.4, 0.5) is 5.69 Å². The van der Waals surface area contributed by atoms with Crippen LogP contribution >= 0.6 is 0 Å². The number of pyridine rings is 1. The first kappa shape index (κ1) is 12.2. The molecule has 1 unspecified atom stereocenters. The number of aromatic nitrogens is 1. The number of hydrogen-bond acceptors (Lipinski definition) is 4. The van der Waals surface area contributed by atoms with E-state index in [0.29, 0.717) is 11.9 Å². The molecule has 17 heavy (non-hydrogen) atoms. The van der Waals surface area contributed by atoms with E-state index in [2.05, 4.69) is 24.1 Å². The molecule has 1 fully saturated rings. The van der Waals surface area contributed by atoms with Crippen LogP contribution in [0, 0.1) is 0 Å². The highest BCUT2D eigenvalue weighted by molar-refractivity contribution is 5.52. The van der Waals surface area contributed by atoms with Gasteiger partial charge in [0.05, 0.1) is 18.4 Å². The van der Waals surface area contributed by atoms with Gasteiger partial charge in [-0.2, -0.15) is 0 Å². The SMILES string of the molecule is COc1ncccc1NC1CCOC(C)(C)C1. The Kier molecular flexibility index (Phi) is 3.52. The van der Waals surface area contributed by atoms with Gasteiger partial charge in [-0.25, -0.2) is 4.98 Å². The van der Waals surface area contributed by atoms with E-state index < -0.39 is 0 Å². The molecular weight excluding hydrogens is 216 g/mol. The van der Waals surface area contributed by atoms with E-state index in [4.69, 9.17) is 9.47 Å². The molecule has 1 aromatic heterocycles. The highest BCUT2D eigenvalue weighted by atomic mass is 16.5. The van der Waals surface area contributed by atoms with Gasteiger partial charge in [-0.1, -0.05) is 0 Å². The van der Waals surface area contributed by atoms with Crippen molar-refractivity contribution in [2.45, 2.75) is 38.3 Å². The lowest BCUT2D eigenvalue weighted by Gasteiger charge is -2.36. The van der Waals surface area contributed by atoms with Crippen LogP contribution in [0.2, 0.25) is 0 Å². The largest absolute Gasteiger partial charge is 0.480 e. The fraction of sp³-hybridized carbons (Fsp3) is 0.615. The Morgan fingerprint density at radius 3 is 3.06 bits per heavy atom. The summed E-state index contributed by atoms with van der Waals surface area (Å²) < 4.78 is 10.9. The Balaban J connectivity index is 2.05. The van der Waals surface area contributed by atoms with Gasteiger partial charge in [0.1, 0.15) is 0 Å². The number of nitrogens with zero attached hydrogens (tertiary/aromatic N) is 1. The number of nitrogens with one attached hydrogen (secondary N) is 1. The van der Waals surface area contributed by atoms with Crippen LogP contribution < -0.4 is 10.1 Å². The lowest BCUT2D eigenvalue weighted by molar-refractivity contribution is -0.0553. The van der Waals surface area contributed by atoms with Crippen molar-refractivity contribution in [3.8, 4) is 5.88 Å². The third-order valence-corrected chi connectivity index (χ3v) is 3.02. The molecule has 0 aliphatic carbocycles. The van der Waals surface area contributed by atoms with E-state index in [1.807, 2.05) is 12.1 Å². The number of hydrogen-bond donors (Lipinski definition) is 1.